The number of benzene rings is 1. The Bertz CT molecular complexity index is 496. The molecular formula is C15H21Cl2N3O. The molecule has 6 heteroatoms. The van der Waals surface area contributed by atoms with Crippen molar-refractivity contribution in [3.8, 4) is 11.8 Å². The normalized spacial score (nSPS) is 16.0. The molecule has 0 bridgehead atoms. The van der Waals surface area contributed by atoms with E-state index in [1.807, 2.05) is 6.08 Å². The van der Waals surface area contributed by atoms with E-state index in [1.165, 1.54) is 0 Å². The number of rotatable bonds is 4. The molecule has 1 aliphatic heterocycles. The van der Waals surface area contributed by atoms with Gasteiger partial charge in [0.25, 0.3) is 0 Å². The van der Waals surface area contributed by atoms with Gasteiger partial charge in [-0.3, -0.25) is 4.90 Å². The lowest BCUT2D eigenvalue weighted by atomic mass is 9.98. The summed E-state index contributed by atoms with van der Waals surface area (Å²) in [5.41, 5.74) is 1.40. The lowest BCUT2D eigenvalue weighted by Gasteiger charge is -2.35. The molecule has 1 heterocycles. The number of nitriles is 1. The Hall–Kier alpha value is -1.25. The predicted molar refractivity (Wildman–Crippen MR) is 89.3 cm³/mol. The molecule has 0 spiro atoms. The topological polar surface area (TPSA) is 59.3 Å². The quantitative estimate of drug-likeness (QED) is 0.833. The number of phenolic OH excluding ortho intramolecular Hbond substituents is 1. The van der Waals surface area contributed by atoms with Crippen LogP contribution in [0, 0.1) is 11.3 Å². The average molecular weight is 330 g/mol. The highest BCUT2D eigenvalue weighted by atomic mass is 35.5. The van der Waals surface area contributed by atoms with Gasteiger partial charge in [0.05, 0.1) is 11.6 Å². The molecule has 4 nitrogen and oxygen atoms in total. The van der Waals surface area contributed by atoms with E-state index in [-0.39, 0.29) is 36.6 Å². The van der Waals surface area contributed by atoms with Crippen LogP contribution in [0.5, 0.6) is 5.75 Å². The molecule has 21 heavy (non-hydrogen) atoms. The Kier molecular flexibility index (Phi) is 9.07. The van der Waals surface area contributed by atoms with Gasteiger partial charge < -0.3 is 10.4 Å². The molecule has 0 aromatic heterocycles. The molecule has 1 atom stereocenters. The van der Waals surface area contributed by atoms with Crippen molar-refractivity contribution in [2.45, 2.75) is 12.5 Å². The first kappa shape index (κ1) is 19.8. The number of phenols is 1. The van der Waals surface area contributed by atoms with Crippen molar-refractivity contribution >= 4 is 24.8 Å². The molecule has 0 saturated carbocycles. The Morgan fingerprint density at radius 2 is 2.05 bits per heavy atom. The highest BCUT2D eigenvalue weighted by molar-refractivity contribution is 5.85. The number of nitrogens with zero attached hydrogens (tertiary/aromatic N) is 2. The minimum absolute atomic E-state index is 0. The van der Waals surface area contributed by atoms with Crippen molar-refractivity contribution in [1.29, 1.82) is 5.26 Å². The van der Waals surface area contributed by atoms with Crippen LogP contribution in [0.3, 0.4) is 0 Å². The predicted octanol–water partition coefficient (Wildman–Crippen LogP) is 2.63. The molecule has 1 aromatic carbocycles. The van der Waals surface area contributed by atoms with Crippen LogP contribution in [0.25, 0.3) is 0 Å². The second kappa shape index (κ2) is 9.64. The lowest BCUT2D eigenvalue weighted by molar-refractivity contribution is 0.172. The Labute approximate surface area is 138 Å². The maximum atomic E-state index is 10.1. The summed E-state index contributed by atoms with van der Waals surface area (Å²) in [4.78, 5) is 2.33. The summed E-state index contributed by atoms with van der Waals surface area (Å²) >= 11 is 0. The Balaban J connectivity index is 0.00000200. The molecule has 1 saturated heterocycles. The summed E-state index contributed by atoms with van der Waals surface area (Å²) in [7, 11) is 0. The van der Waals surface area contributed by atoms with Gasteiger partial charge in [-0.15, -0.1) is 31.4 Å². The summed E-state index contributed by atoms with van der Waals surface area (Å²) in [6, 6.07) is 7.24. The van der Waals surface area contributed by atoms with Gasteiger partial charge in [0.15, 0.2) is 0 Å². The molecule has 116 valence electrons. The van der Waals surface area contributed by atoms with Crippen LogP contribution in [0.2, 0.25) is 0 Å². The molecule has 1 aliphatic rings. The lowest BCUT2D eigenvalue weighted by Crippen LogP contribution is -2.45. The number of nitrogens with one attached hydrogen (secondary N) is 1. The zero-order valence-corrected chi connectivity index (χ0v) is 13.4. The number of halogens is 2. The summed E-state index contributed by atoms with van der Waals surface area (Å²) in [6.45, 7) is 7.58. The summed E-state index contributed by atoms with van der Waals surface area (Å²) in [6.07, 6.45) is 2.63. The standard InChI is InChI=1S/C15H19N3O.2ClH/c1-2-3-14(18-8-6-17-7-9-18)13-10-12(11-16)4-5-15(13)19;;/h2,4-5,10,14,17,19H,1,3,6-9H2;2*1H/t14-;;/m1../s1. The smallest absolute Gasteiger partial charge is 0.120 e. The van der Waals surface area contributed by atoms with E-state index in [0.29, 0.717) is 5.56 Å². The highest BCUT2D eigenvalue weighted by Gasteiger charge is 2.23. The zero-order chi connectivity index (χ0) is 13.7. The highest BCUT2D eigenvalue weighted by Crippen LogP contribution is 2.32. The third-order valence-corrected chi connectivity index (χ3v) is 3.50. The van der Waals surface area contributed by atoms with Gasteiger partial charge in [-0.2, -0.15) is 5.26 Å². The number of hydrogen-bond acceptors (Lipinski definition) is 4. The van der Waals surface area contributed by atoms with Crippen molar-refractivity contribution in [2.75, 3.05) is 26.2 Å². The van der Waals surface area contributed by atoms with E-state index >= 15 is 0 Å². The van der Waals surface area contributed by atoms with Crippen molar-refractivity contribution < 1.29 is 5.11 Å². The van der Waals surface area contributed by atoms with Gasteiger partial charge in [-0.1, -0.05) is 6.08 Å². The van der Waals surface area contributed by atoms with E-state index < -0.39 is 0 Å². The zero-order valence-electron chi connectivity index (χ0n) is 11.8. The van der Waals surface area contributed by atoms with Crippen LogP contribution in [0.15, 0.2) is 30.9 Å². The fourth-order valence-corrected chi connectivity index (χ4v) is 2.52. The third kappa shape index (κ3) is 4.90. The van der Waals surface area contributed by atoms with Gasteiger partial charge in [0, 0.05) is 37.8 Å². The minimum Gasteiger partial charge on any atom is -0.508 e. The van der Waals surface area contributed by atoms with E-state index in [0.717, 1.165) is 38.2 Å². The first-order chi connectivity index (χ1) is 9.26. The average Bonchev–Trinajstić information content (AvgIpc) is 2.47. The van der Waals surface area contributed by atoms with Gasteiger partial charge in [0.1, 0.15) is 5.75 Å². The monoisotopic (exact) mass is 329 g/mol. The first-order valence-corrected chi connectivity index (χ1v) is 6.55. The van der Waals surface area contributed by atoms with Crippen LogP contribution in [-0.4, -0.2) is 36.2 Å². The summed E-state index contributed by atoms with van der Waals surface area (Å²) < 4.78 is 0. The van der Waals surface area contributed by atoms with Crippen LogP contribution in [0.4, 0.5) is 0 Å². The fourth-order valence-electron chi connectivity index (χ4n) is 2.52. The minimum atomic E-state index is 0. The van der Waals surface area contributed by atoms with E-state index in [1.54, 1.807) is 18.2 Å². The van der Waals surface area contributed by atoms with Crippen LogP contribution in [-0.2, 0) is 0 Å². The fraction of sp³-hybridized carbons (Fsp3) is 0.400. The van der Waals surface area contributed by atoms with Gasteiger partial charge >= 0.3 is 0 Å². The summed E-state index contributed by atoms with van der Waals surface area (Å²) in [5, 5.41) is 22.4. The van der Waals surface area contributed by atoms with Gasteiger partial charge in [-0.25, -0.2) is 0 Å². The number of aromatic hydroxyl groups is 1. The third-order valence-electron chi connectivity index (χ3n) is 3.50. The largest absolute Gasteiger partial charge is 0.508 e. The maximum Gasteiger partial charge on any atom is 0.120 e. The Morgan fingerprint density at radius 1 is 1.38 bits per heavy atom. The molecule has 0 aliphatic carbocycles. The van der Waals surface area contributed by atoms with Crippen molar-refractivity contribution in [2.24, 2.45) is 0 Å². The van der Waals surface area contributed by atoms with Gasteiger partial charge in [-0.05, 0) is 24.6 Å². The Morgan fingerprint density at radius 3 is 2.62 bits per heavy atom. The van der Waals surface area contributed by atoms with E-state index in [2.05, 4.69) is 22.9 Å². The van der Waals surface area contributed by atoms with Crippen LogP contribution in [0.1, 0.15) is 23.6 Å². The number of piperazine rings is 1. The van der Waals surface area contributed by atoms with Crippen LogP contribution >= 0.6 is 24.8 Å². The van der Waals surface area contributed by atoms with Crippen molar-refractivity contribution in [3.63, 3.8) is 0 Å². The molecule has 1 aromatic rings. The molecular weight excluding hydrogens is 309 g/mol. The molecule has 0 unspecified atom stereocenters. The summed E-state index contributed by atoms with van der Waals surface area (Å²) in [5.74, 6) is 0.254. The van der Waals surface area contributed by atoms with Crippen LogP contribution < -0.4 is 5.32 Å². The molecule has 2 N–H and O–H groups in total. The molecule has 0 amide bonds. The van der Waals surface area contributed by atoms with Gasteiger partial charge in [0.2, 0.25) is 0 Å². The molecule has 0 radical (unpaired) electrons. The second-order valence-electron chi connectivity index (χ2n) is 4.71. The first-order valence-electron chi connectivity index (χ1n) is 6.55. The second-order valence-corrected chi connectivity index (χ2v) is 4.71. The molecule has 1 fully saturated rings. The van der Waals surface area contributed by atoms with Crippen molar-refractivity contribution in [3.05, 3.63) is 42.0 Å². The maximum absolute atomic E-state index is 10.1. The SMILES string of the molecule is C=CC[C@H](c1cc(C#N)ccc1O)N1CCNCC1.Cl.Cl. The number of hydrogen-bond donors (Lipinski definition) is 2. The van der Waals surface area contributed by atoms with Crippen molar-refractivity contribution in [1.82, 2.24) is 10.2 Å². The van der Waals surface area contributed by atoms with E-state index in [9.17, 15) is 5.11 Å². The van der Waals surface area contributed by atoms with E-state index in [4.69, 9.17) is 5.26 Å². The molecule has 2 rings (SSSR count).